The van der Waals surface area contributed by atoms with Crippen molar-refractivity contribution in [2.45, 2.75) is 58.1 Å². The molecule has 0 atom stereocenters. The summed E-state index contributed by atoms with van der Waals surface area (Å²) >= 11 is 0. The highest BCUT2D eigenvalue weighted by molar-refractivity contribution is 5.77. The van der Waals surface area contributed by atoms with E-state index in [9.17, 15) is 9.59 Å². The van der Waals surface area contributed by atoms with Crippen molar-refractivity contribution >= 4 is 12.1 Å². The van der Waals surface area contributed by atoms with Gasteiger partial charge in [0.25, 0.3) is 0 Å². The molecule has 96 valence electrons. The lowest BCUT2D eigenvalue weighted by Crippen LogP contribution is -2.34. The topological polar surface area (TPSA) is 80.1 Å². The molecular weight excluding hydrogens is 222 g/mol. The van der Waals surface area contributed by atoms with E-state index in [1.165, 1.54) is 6.42 Å². The molecule has 0 spiro atoms. The van der Waals surface area contributed by atoms with Gasteiger partial charge in [0.2, 0.25) is 0 Å². The van der Waals surface area contributed by atoms with Gasteiger partial charge in [-0.05, 0) is 26.7 Å². The summed E-state index contributed by atoms with van der Waals surface area (Å²) in [5, 5.41) is 9.17. The molecule has 1 aliphatic carbocycles. The average Bonchev–Trinajstić information content (AvgIpc) is 2.27. The van der Waals surface area contributed by atoms with E-state index in [1.54, 1.807) is 13.8 Å². The summed E-state index contributed by atoms with van der Waals surface area (Å²) in [6.07, 6.45) is 4.31. The number of hydrogen-bond acceptors (Lipinski definition) is 3. The molecule has 0 saturated heterocycles. The maximum absolute atomic E-state index is 11.3. The molecule has 1 saturated carbocycles. The molecule has 6 heteroatoms. The quantitative estimate of drug-likeness (QED) is 0.754. The first-order valence-electron chi connectivity index (χ1n) is 6.01. The second kappa shape index (κ2) is 6.98. The molecule has 0 aromatic carbocycles. The van der Waals surface area contributed by atoms with E-state index < -0.39 is 12.1 Å². The zero-order valence-electron chi connectivity index (χ0n) is 10.3. The zero-order valence-corrected chi connectivity index (χ0v) is 10.3. The Kier molecular flexibility index (Phi) is 5.59. The van der Waals surface area contributed by atoms with E-state index in [0.29, 0.717) is 0 Å². The second-order valence-corrected chi connectivity index (χ2v) is 4.42. The number of urea groups is 1. The number of ether oxygens (including phenoxy) is 1. The van der Waals surface area contributed by atoms with E-state index in [4.69, 9.17) is 4.74 Å². The van der Waals surface area contributed by atoms with Gasteiger partial charge in [-0.2, -0.15) is 0 Å². The Bertz CT molecular complexity index is 296. The summed E-state index contributed by atoms with van der Waals surface area (Å²) in [5.41, 5.74) is 0. The van der Waals surface area contributed by atoms with E-state index in [1.807, 2.05) is 0 Å². The molecule has 0 unspecified atom stereocenters. The molecule has 1 N–H and O–H groups in total. The van der Waals surface area contributed by atoms with Gasteiger partial charge in [0, 0.05) is 6.04 Å². The third-order valence-corrected chi connectivity index (χ3v) is 2.49. The molecule has 0 aromatic rings. The Morgan fingerprint density at radius 2 is 1.82 bits per heavy atom. The van der Waals surface area contributed by atoms with Crippen LogP contribution in [0.1, 0.15) is 46.0 Å². The van der Waals surface area contributed by atoms with Crippen molar-refractivity contribution in [2.24, 2.45) is 10.2 Å². The van der Waals surface area contributed by atoms with Crippen LogP contribution in [0.15, 0.2) is 10.2 Å². The van der Waals surface area contributed by atoms with Gasteiger partial charge in [-0.3, -0.25) is 0 Å². The highest BCUT2D eigenvalue weighted by atomic mass is 16.6. The molecule has 0 aliphatic heterocycles. The Morgan fingerprint density at radius 3 is 2.41 bits per heavy atom. The van der Waals surface area contributed by atoms with E-state index >= 15 is 0 Å². The fraction of sp³-hybridized carbons (Fsp3) is 0.818. The summed E-state index contributed by atoms with van der Waals surface area (Å²) in [7, 11) is 0. The van der Waals surface area contributed by atoms with Crippen LogP contribution in [-0.2, 0) is 4.74 Å². The van der Waals surface area contributed by atoms with Gasteiger partial charge in [-0.25, -0.2) is 9.59 Å². The molecule has 17 heavy (non-hydrogen) atoms. The van der Waals surface area contributed by atoms with Gasteiger partial charge in [0.15, 0.2) is 0 Å². The van der Waals surface area contributed by atoms with Crippen molar-refractivity contribution in [1.82, 2.24) is 5.32 Å². The largest absolute Gasteiger partial charge is 0.452 e. The number of azo groups is 1. The molecule has 0 heterocycles. The third kappa shape index (κ3) is 5.99. The number of rotatable bonds is 2. The van der Waals surface area contributed by atoms with Crippen LogP contribution in [0, 0.1) is 0 Å². The molecular formula is C11H19N3O3. The van der Waals surface area contributed by atoms with Crippen molar-refractivity contribution in [2.75, 3.05) is 0 Å². The van der Waals surface area contributed by atoms with Gasteiger partial charge in [0.1, 0.15) is 0 Å². The lowest BCUT2D eigenvalue weighted by Gasteiger charge is -2.21. The van der Waals surface area contributed by atoms with E-state index in [2.05, 4.69) is 15.5 Å². The Labute approximate surface area is 101 Å². The lowest BCUT2D eigenvalue weighted by atomic mass is 9.96. The molecule has 0 bridgehead atoms. The summed E-state index contributed by atoms with van der Waals surface area (Å²) in [6, 6.07) is -0.408. The first kappa shape index (κ1) is 13.6. The highest BCUT2D eigenvalue weighted by Crippen LogP contribution is 2.17. The van der Waals surface area contributed by atoms with Crippen LogP contribution < -0.4 is 5.32 Å². The molecule has 0 aromatic heterocycles. The molecule has 6 nitrogen and oxygen atoms in total. The Morgan fingerprint density at radius 1 is 1.18 bits per heavy atom. The van der Waals surface area contributed by atoms with Crippen LogP contribution in [-0.4, -0.2) is 24.3 Å². The maximum Gasteiger partial charge on any atom is 0.452 e. The molecule has 3 amide bonds. The Balaban J connectivity index is 2.28. The highest BCUT2D eigenvalue weighted by Gasteiger charge is 2.15. The first-order chi connectivity index (χ1) is 8.08. The fourth-order valence-corrected chi connectivity index (χ4v) is 1.76. The van der Waals surface area contributed by atoms with Gasteiger partial charge >= 0.3 is 12.1 Å². The van der Waals surface area contributed by atoms with E-state index in [-0.39, 0.29) is 12.1 Å². The lowest BCUT2D eigenvalue weighted by molar-refractivity contribution is 0.124. The summed E-state index contributed by atoms with van der Waals surface area (Å²) < 4.78 is 4.71. The Hall–Kier alpha value is -1.46. The number of carbonyl (C=O) groups is 2. The second-order valence-electron chi connectivity index (χ2n) is 4.42. The van der Waals surface area contributed by atoms with Crippen LogP contribution in [0.25, 0.3) is 0 Å². The van der Waals surface area contributed by atoms with Crippen molar-refractivity contribution in [3.05, 3.63) is 0 Å². The summed E-state index contributed by atoms with van der Waals surface area (Å²) in [6.45, 7) is 3.41. The smallest absolute Gasteiger partial charge is 0.444 e. The van der Waals surface area contributed by atoms with Crippen molar-refractivity contribution < 1.29 is 14.3 Å². The number of nitrogens with one attached hydrogen (secondary N) is 1. The minimum atomic E-state index is -0.834. The fourth-order valence-electron chi connectivity index (χ4n) is 1.76. The summed E-state index contributed by atoms with van der Waals surface area (Å²) in [4.78, 5) is 22.3. The normalized spacial score (nSPS) is 17.4. The van der Waals surface area contributed by atoms with Gasteiger partial charge < -0.3 is 10.1 Å². The minimum absolute atomic E-state index is 0.163. The van der Waals surface area contributed by atoms with Crippen LogP contribution >= 0.6 is 0 Å². The van der Waals surface area contributed by atoms with Crippen molar-refractivity contribution in [1.29, 1.82) is 0 Å². The predicted molar refractivity (Wildman–Crippen MR) is 61.9 cm³/mol. The van der Waals surface area contributed by atoms with Crippen LogP contribution in [0.3, 0.4) is 0 Å². The van der Waals surface area contributed by atoms with Crippen LogP contribution in [0.2, 0.25) is 0 Å². The minimum Gasteiger partial charge on any atom is -0.444 e. The van der Waals surface area contributed by atoms with Crippen molar-refractivity contribution in [3.8, 4) is 0 Å². The SMILES string of the molecule is CC(C)OC(=O)/N=N/C(=O)NC1CCCCC1. The summed E-state index contributed by atoms with van der Waals surface area (Å²) in [5.74, 6) is 0. The molecule has 1 rings (SSSR count). The molecule has 1 aliphatic rings. The van der Waals surface area contributed by atoms with Crippen LogP contribution in [0.4, 0.5) is 9.59 Å². The van der Waals surface area contributed by atoms with Gasteiger partial charge in [-0.15, -0.1) is 0 Å². The zero-order chi connectivity index (χ0) is 12.7. The predicted octanol–water partition coefficient (Wildman–Crippen LogP) is 3.03. The third-order valence-electron chi connectivity index (χ3n) is 2.49. The standard InChI is InChI=1S/C11H19N3O3/c1-8(2)17-11(16)14-13-10(15)12-9-6-4-3-5-7-9/h8-9H,3-7H2,1-2H3,(H,12,15)/b14-13+. The van der Waals surface area contributed by atoms with Crippen molar-refractivity contribution in [3.63, 3.8) is 0 Å². The van der Waals surface area contributed by atoms with Crippen LogP contribution in [0.5, 0.6) is 0 Å². The number of hydrogen-bond donors (Lipinski definition) is 1. The molecule has 0 radical (unpaired) electrons. The number of nitrogens with zero attached hydrogens (tertiary/aromatic N) is 2. The monoisotopic (exact) mass is 241 g/mol. The number of amides is 3. The average molecular weight is 241 g/mol. The number of carbonyl (C=O) groups excluding carboxylic acids is 2. The van der Waals surface area contributed by atoms with Gasteiger partial charge in [-0.1, -0.05) is 29.5 Å². The molecule has 1 fully saturated rings. The first-order valence-corrected chi connectivity index (χ1v) is 6.01. The van der Waals surface area contributed by atoms with E-state index in [0.717, 1.165) is 25.7 Å². The maximum atomic E-state index is 11.3. The van der Waals surface area contributed by atoms with Gasteiger partial charge in [0.05, 0.1) is 6.10 Å².